The Labute approximate surface area is 88.7 Å². The van der Waals surface area contributed by atoms with Gasteiger partial charge in [-0.05, 0) is 36.8 Å². The van der Waals surface area contributed by atoms with Crippen molar-refractivity contribution in [1.82, 2.24) is 0 Å². The Hall–Kier alpha value is -0.530. The quantitative estimate of drug-likeness (QED) is 0.753. The van der Waals surface area contributed by atoms with Crippen LogP contribution in [0.15, 0.2) is 24.3 Å². The van der Waals surface area contributed by atoms with Gasteiger partial charge < -0.3 is 5.11 Å². The maximum Gasteiger partial charge on any atom is 0.0665 e. The Morgan fingerprint density at radius 3 is 2.71 bits per heavy atom. The molecule has 0 heterocycles. The molecule has 2 heteroatoms. The van der Waals surface area contributed by atoms with Crippen LogP contribution in [-0.2, 0) is 5.41 Å². The average molecular weight is 209 g/mol. The molecule has 0 aromatic heterocycles. The topological polar surface area (TPSA) is 20.2 Å². The molecular weight excluding hydrogens is 196 g/mol. The second kappa shape index (κ2) is 2.74. The number of halogens is 1. The minimum absolute atomic E-state index is 0.00299. The van der Waals surface area contributed by atoms with Crippen LogP contribution < -0.4 is 0 Å². The first-order valence-corrected chi connectivity index (χ1v) is 5.55. The maximum absolute atomic E-state index is 10.0. The van der Waals surface area contributed by atoms with Crippen LogP contribution in [0.25, 0.3) is 0 Å². The van der Waals surface area contributed by atoms with Gasteiger partial charge in [0.05, 0.1) is 6.10 Å². The number of hydrogen-bond donors (Lipinski definition) is 1. The van der Waals surface area contributed by atoms with Crippen molar-refractivity contribution in [2.45, 2.75) is 30.8 Å². The van der Waals surface area contributed by atoms with E-state index in [1.54, 1.807) is 0 Å². The summed E-state index contributed by atoms with van der Waals surface area (Å²) in [6.45, 7) is 0. The van der Waals surface area contributed by atoms with Gasteiger partial charge in [0.2, 0.25) is 0 Å². The second-order valence-corrected chi connectivity index (χ2v) is 4.99. The van der Waals surface area contributed by atoms with Gasteiger partial charge in [0, 0.05) is 10.4 Å². The largest absolute Gasteiger partial charge is 0.392 e. The Bertz CT molecular complexity index is 372. The SMILES string of the molecule is OC1C2CCC1(c1ccccc1Cl)C2. The van der Waals surface area contributed by atoms with Crippen LogP contribution in [0, 0.1) is 5.92 Å². The lowest BCUT2D eigenvalue weighted by Crippen LogP contribution is -2.48. The van der Waals surface area contributed by atoms with Crippen LogP contribution >= 0.6 is 11.6 Å². The van der Waals surface area contributed by atoms with E-state index in [9.17, 15) is 5.11 Å². The normalized spacial score (nSPS) is 39.6. The molecule has 0 saturated heterocycles. The first kappa shape index (κ1) is 8.75. The molecule has 0 aliphatic heterocycles. The van der Waals surface area contributed by atoms with Crippen LogP contribution in [0.3, 0.4) is 0 Å². The lowest BCUT2D eigenvalue weighted by atomic mass is 9.63. The smallest absolute Gasteiger partial charge is 0.0665 e. The third-order valence-corrected chi connectivity index (χ3v) is 4.34. The predicted octanol–water partition coefficient (Wildman–Crippen LogP) is 2.75. The summed E-state index contributed by atoms with van der Waals surface area (Å²) in [5, 5.41) is 10.8. The Morgan fingerprint density at radius 2 is 2.14 bits per heavy atom. The van der Waals surface area contributed by atoms with Crippen molar-refractivity contribution in [2.24, 2.45) is 5.92 Å². The fourth-order valence-electron chi connectivity index (χ4n) is 3.21. The molecular formula is C12H13ClO. The van der Waals surface area contributed by atoms with Gasteiger partial charge in [0.1, 0.15) is 0 Å². The Morgan fingerprint density at radius 1 is 1.36 bits per heavy atom. The summed E-state index contributed by atoms with van der Waals surface area (Å²) in [6, 6.07) is 7.94. The third-order valence-electron chi connectivity index (χ3n) is 4.01. The molecule has 74 valence electrons. The summed E-state index contributed by atoms with van der Waals surface area (Å²) in [5.41, 5.74) is 1.16. The summed E-state index contributed by atoms with van der Waals surface area (Å²) < 4.78 is 0. The fraction of sp³-hybridized carbons (Fsp3) is 0.500. The first-order valence-electron chi connectivity index (χ1n) is 5.17. The molecule has 3 aliphatic rings. The van der Waals surface area contributed by atoms with Crippen molar-refractivity contribution >= 4 is 11.6 Å². The summed E-state index contributed by atoms with van der Waals surface area (Å²) in [7, 11) is 0. The molecule has 0 radical (unpaired) electrons. The molecule has 0 spiro atoms. The van der Waals surface area contributed by atoms with Crippen LogP contribution in [0.4, 0.5) is 0 Å². The van der Waals surface area contributed by atoms with Gasteiger partial charge in [0.25, 0.3) is 0 Å². The summed E-state index contributed by atoms with van der Waals surface area (Å²) in [6.07, 6.45) is 3.23. The van der Waals surface area contributed by atoms with E-state index in [2.05, 4.69) is 6.07 Å². The van der Waals surface area contributed by atoms with E-state index in [4.69, 9.17) is 11.6 Å². The molecule has 3 aliphatic carbocycles. The molecule has 1 aromatic carbocycles. The van der Waals surface area contributed by atoms with Crippen molar-refractivity contribution in [1.29, 1.82) is 0 Å². The van der Waals surface area contributed by atoms with E-state index < -0.39 is 0 Å². The molecule has 3 saturated carbocycles. The fourth-order valence-corrected chi connectivity index (χ4v) is 3.54. The lowest BCUT2D eigenvalue weighted by Gasteiger charge is -2.45. The number of benzene rings is 1. The first-order chi connectivity index (χ1) is 6.74. The zero-order valence-electron chi connectivity index (χ0n) is 7.91. The minimum Gasteiger partial charge on any atom is -0.392 e. The summed E-state index contributed by atoms with van der Waals surface area (Å²) in [4.78, 5) is 0. The molecule has 0 amide bonds. The molecule has 1 aromatic rings. The van der Waals surface area contributed by atoms with E-state index in [1.165, 1.54) is 0 Å². The van der Waals surface area contributed by atoms with Gasteiger partial charge in [-0.15, -0.1) is 0 Å². The number of hydrogen-bond acceptors (Lipinski definition) is 1. The molecule has 2 bridgehead atoms. The second-order valence-electron chi connectivity index (χ2n) is 4.58. The van der Waals surface area contributed by atoms with Gasteiger partial charge in [-0.25, -0.2) is 0 Å². The highest BCUT2D eigenvalue weighted by molar-refractivity contribution is 6.31. The van der Waals surface area contributed by atoms with Crippen molar-refractivity contribution < 1.29 is 5.11 Å². The van der Waals surface area contributed by atoms with Gasteiger partial charge in [-0.3, -0.25) is 0 Å². The number of aliphatic hydroxyl groups is 1. The van der Waals surface area contributed by atoms with E-state index >= 15 is 0 Å². The summed E-state index contributed by atoms with van der Waals surface area (Å²) >= 11 is 6.17. The van der Waals surface area contributed by atoms with Gasteiger partial charge in [-0.1, -0.05) is 29.8 Å². The van der Waals surface area contributed by atoms with Crippen molar-refractivity contribution in [2.75, 3.05) is 0 Å². The predicted molar refractivity (Wildman–Crippen MR) is 56.5 cm³/mol. The van der Waals surface area contributed by atoms with Gasteiger partial charge >= 0.3 is 0 Å². The Kier molecular flexibility index (Phi) is 1.71. The van der Waals surface area contributed by atoms with E-state index in [0.29, 0.717) is 5.92 Å². The van der Waals surface area contributed by atoms with Crippen LogP contribution in [0.1, 0.15) is 24.8 Å². The van der Waals surface area contributed by atoms with Gasteiger partial charge in [0.15, 0.2) is 0 Å². The van der Waals surface area contributed by atoms with Crippen LogP contribution in [0.2, 0.25) is 5.02 Å². The Balaban J connectivity index is 2.07. The highest BCUT2D eigenvalue weighted by Gasteiger charge is 2.59. The van der Waals surface area contributed by atoms with Crippen LogP contribution in [0.5, 0.6) is 0 Å². The molecule has 3 atom stereocenters. The molecule has 3 unspecified atom stereocenters. The molecule has 3 fully saturated rings. The summed E-state index contributed by atoms with van der Waals surface area (Å²) in [5.74, 6) is 0.534. The van der Waals surface area contributed by atoms with Gasteiger partial charge in [-0.2, -0.15) is 0 Å². The van der Waals surface area contributed by atoms with Crippen molar-refractivity contribution in [3.05, 3.63) is 34.9 Å². The minimum atomic E-state index is -0.151. The highest BCUT2D eigenvalue weighted by Crippen LogP contribution is 2.60. The number of rotatable bonds is 1. The van der Waals surface area contributed by atoms with Crippen molar-refractivity contribution in [3.63, 3.8) is 0 Å². The molecule has 14 heavy (non-hydrogen) atoms. The van der Waals surface area contributed by atoms with E-state index in [0.717, 1.165) is 29.8 Å². The lowest BCUT2D eigenvalue weighted by molar-refractivity contribution is -0.0174. The third kappa shape index (κ3) is 0.896. The zero-order valence-corrected chi connectivity index (χ0v) is 8.67. The number of fused-ring (bicyclic) bond motifs is 1. The molecule has 1 N–H and O–H groups in total. The zero-order chi connectivity index (χ0) is 9.76. The standard InChI is InChI=1S/C12H13ClO/c13-10-4-2-1-3-9(10)12-6-5-8(7-12)11(12)14/h1-4,8,11,14H,5-7H2. The maximum atomic E-state index is 10.0. The van der Waals surface area contributed by atoms with E-state index in [-0.39, 0.29) is 11.5 Å². The average Bonchev–Trinajstić information content (AvgIpc) is 2.76. The highest BCUT2D eigenvalue weighted by atomic mass is 35.5. The van der Waals surface area contributed by atoms with Crippen molar-refractivity contribution in [3.8, 4) is 0 Å². The number of aliphatic hydroxyl groups excluding tert-OH is 1. The van der Waals surface area contributed by atoms with Crippen LogP contribution in [-0.4, -0.2) is 11.2 Å². The molecule has 1 nitrogen and oxygen atoms in total. The monoisotopic (exact) mass is 208 g/mol. The van der Waals surface area contributed by atoms with E-state index in [1.807, 2.05) is 18.2 Å². The molecule has 4 rings (SSSR count).